The standard InChI is InChI=1S/C33H57NO3/c1-4-5-6-12-21-34-30(37)14-11-9-7-8-10-13-24-22-25-23-26(35)17-19-32(25,2)28-18-20-33(3)27(31(24)28)15-16-29(33)36/h24-25,27-29,31,36H,4-23H2,1-3H3,(H,34,37)/t24?,25-,27-,28-,29-,31-,32-,33-/m0/s1. The van der Waals surface area contributed by atoms with Crippen LogP contribution in [0.15, 0.2) is 0 Å². The number of Topliss-reactive ketones (excluding diaryl/α,β-unsaturated/α-hetero) is 1. The largest absolute Gasteiger partial charge is 0.393 e. The number of nitrogens with one attached hydrogen (secondary N) is 1. The molecule has 0 aromatic heterocycles. The molecule has 8 atom stereocenters. The first-order chi connectivity index (χ1) is 17.8. The van der Waals surface area contributed by atoms with Crippen LogP contribution in [0, 0.1) is 40.4 Å². The van der Waals surface area contributed by atoms with E-state index in [0.717, 1.165) is 69.2 Å². The number of unbranched alkanes of at least 4 members (excludes halogenated alkanes) is 7. The number of hydrogen-bond acceptors (Lipinski definition) is 3. The molecule has 0 aliphatic heterocycles. The maximum absolute atomic E-state index is 12.5. The summed E-state index contributed by atoms with van der Waals surface area (Å²) in [6, 6.07) is 0. The molecule has 0 saturated heterocycles. The summed E-state index contributed by atoms with van der Waals surface area (Å²) in [4.78, 5) is 24.5. The molecular formula is C33H57NO3. The van der Waals surface area contributed by atoms with Crippen LogP contribution in [0.25, 0.3) is 0 Å². The van der Waals surface area contributed by atoms with Gasteiger partial charge in [-0.2, -0.15) is 0 Å². The molecule has 4 rings (SSSR count). The zero-order valence-corrected chi connectivity index (χ0v) is 24.4. The van der Waals surface area contributed by atoms with E-state index in [1.54, 1.807) is 0 Å². The van der Waals surface area contributed by atoms with E-state index in [0.29, 0.717) is 29.5 Å². The molecule has 0 heterocycles. The lowest BCUT2D eigenvalue weighted by atomic mass is 9.42. The first-order valence-corrected chi connectivity index (χ1v) is 16.3. The summed E-state index contributed by atoms with van der Waals surface area (Å²) >= 11 is 0. The number of amides is 1. The van der Waals surface area contributed by atoms with Crippen molar-refractivity contribution >= 4 is 11.7 Å². The van der Waals surface area contributed by atoms with E-state index in [9.17, 15) is 14.7 Å². The van der Waals surface area contributed by atoms with Crippen molar-refractivity contribution in [2.75, 3.05) is 6.54 Å². The highest BCUT2D eigenvalue weighted by Crippen LogP contribution is 2.67. The van der Waals surface area contributed by atoms with Crippen molar-refractivity contribution < 1.29 is 14.7 Å². The minimum Gasteiger partial charge on any atom is -0.393 e. The Labute approximate surface area is 227 Å². The van der Waals surface area contributed by atoms with Gasteiger partial charge >= 0.3 is 0 Å². The first kappa shape index (κ1) is 29.1. The van der Waals surface area contributed by atoms with E-state index in [2.05, 4.69) is 26.1 Å². The number of rotatable bonds is 13. The van der Waals surface area contributed by atoms with Gasteiger partial charge in [-0.25, -0.2) is 0 Å². The van der Waals surface area contributed by atoms with E-state index in [1.807, 2.05) is 0 Å². The topological polar surface area (TPSA) is 66.4 Å². The minimum atomic E-state index is -0.119. The lowest BCUT2D eigenvalue weighted by Gasteiger charge is -2.62. The van der Waals surface area contributed by atoms with E-state index in [4.69, 9.17) is 0 Å². The summed E-state index contributed by atoms with van der Waals surface area (Å²) in [7, 11) is 0. The second-order valence-corrected chi connectivity index (χ2v) is 14.1. The number of ketones is 1. The van der Waals surface area contributed by atoms with Crippen LogP contribution in [0.3, 0.4) is 0 Å². The van der Waals surface area contributed by atoms with Crippen LogP contribution < -0.4 is 5.32 Å². The fourth-order valence-corrected chi connectivity index (χ4v) is 9.58. The molecule has 2 N–H and O–H groups in total. The van der Waals surface area contributed by atoms with Gasteiger partial charge in [-0.1, -0.05) is 72.1 Å². The van der Waals surface area contributed by atoms with E-state index < -0.39 is 0 Å². The number of aliphatic hydroxyl groups excluding tert-OH is 1. The van der Waals surface area contributed by atoms with E-state index >= 15 is 0 Å². The highest BCUT2D eigenvalue weighted by Gasteiger charge is 2.62. The van der Waals surface area contributed by atoms with Crippen molar-refractivity contribution in [2.45, 2.75) is 149 Å². The average Bonchev–Trinajstić information content (AvgIpc) is 3.18. The van der Waals surface area contributed by atoms with Gasteiger partial charge < -0.3 is 10.4 Å². The maximum atomic E-state index is 12.5. The van der Waals surface area contributed by atoms with Crippen LogP contribution in [-0.2, 0) is 9.59 Å². The van der Waals surface area contributed by atoms with E-state index in [1.165, 1.54) is 70.6 Å². The van der Waals surface area contributed by atoms with Gasteiger partial charge in [0, 0.05) is 25.8 Å². The molecular weight excluding hydrogens is 458 g/mol. The summed E-state index contributed by atoms with van der Waals surface area (Å²) in [5.74, 6) is 4.19. The molecule has 0 aromatic rings. The van der Waals surface area contributed by atoms with Gasteiger partial charge in [0.05, 0.1) is 6.10 Å². The quantitative estimate of drug-likeness (QED) is 0.248. The third kappa shape index (κ3) is 6.47. The smallest absolute Gasteiger partial charge is 0.219 e. The SMILES string of the molecule is CCCCCCNC(=O)CCCCCCCC1C[C@H]2CC(=O)CC[C@]2(C)[C@H]2CC[C@]3(C)[C@@H](O)CC[C@H]3[C@H]12. The summed E-state index contributed by atoms with van der Waals surface area (Å²) < 4.78 is 0. The normalized spacial score (nSPS) is 39.1. The molecule has 4 fully saturated rings. The molecule has 1 unspecified atom stereocenters. The highest BCUT2D eigenvalue weighted by atomic mass is 16.3. The predicted molar refractivity (Wildman–Crippen MR) is 151 cm³/mol. The van der Waals surface area contributed by atoms with Crippen LogP contribution in [0.4, 0.5) is 0 Å². The Kier molecular flexibility index (Phi) is 10.2. The Morgan fingerprint density at radius 1 is 0.919 bits per heavy atom. The molecule has 0 aromatic carbocycles. The molecule has 0 spiro atoms. The van der Waals surface area contributed by atoms with Gasteiger partial charge in [0.25, 0.3) is 0 Å². The van der Waals surface area contributed by atoms with Crippen LogP contribution in [0.5, 0.6) is 0 Å². The Morgan fingerprint density at radius 3 is 2.46 bits per heavy atom. The first-order valence-electron chi connectivity index (χ1n) is 16.3. The fourth-order valence-electron chi connectivity index (χ4n) is 9.58. The van der Waals surface area contributed by atoms with Gasteiger partial charge in [0.1, 0.15) is 5.78 Å². The Morgan fingerprint density at radius 2 is 1.65 bits per heavy atom. The molecule has 4 heteroatoms. The summed E-state index contributed by atoms with van der Waals surface area (Å²) in [5.41, 5.74) is 0.449. The van der Waals surface area contributed by atoms with Gasteiger partial charge in [0.2, 0.25) is 5.91 Å². The van der Waals surface area contributed by atoms with Gasteiger partial charge in [0.15, 0.2) is 0 Å². The molecule has 4 aliphatic rings. The van der Waals surface area contributed by atoms with Crippen LogP contribution in [0.1, 0.15) is 143 Å². The minimum absolute atomic E-state index is 0.115. The third-order valence-electron chi connectivity index (χ3n) is 11.9. The number of carbonyl (C=O) groups is 2. The second-order valence-electron chi connectivity index (χ2n) is 14.1. The average molecular weight is 516 g/mol. The second kappa shape index (κ2) is 13.0. The van der Waals surface area contributed by atoms with Crippen molar-refractivity contribution in [1.29, 1.82) is 0 Å². The van der Waals surface area contributed by atoms with Gasteiger partial charge in [-0.15, -0.1) is 0 Å². The van der Waals surface area contributed by atoms with Crippen LogP contribution in [-0.4, -0.2) is 29.4 Å². The van der Waals surface area contributed by atoms with Crippen LogP contribution >= 0.6 is 0 Å². The Bertz CT molecular complexity index is 767. The molecule has 4 nitrogen and oxygen atoms in total. The zero-order valence-electron chi connectivity index (χ0n) is 24.4. The molecule has 0 radical (unpaired) electrons. The van der Waals surface area contributed by atoms with Crippen molar-refractivity contribution in [3.8, 4) is 0 Å². The third-order valence-corrected chi connectivity index (χ3v) is 11.9. The molecule has 4 aliphatic carbocycles. The fraction of sp³-hybridized carbons (Fsp3) is 0.939. The number of hydrogen-bond donors (Lipinski definition) is 2. The number of fused-ring (bicyclic) bond motifs is 5. The molecule has 1 amide bonds. The van der Waals surface area contributed by atoms with Crippen molar-refractivity contribution in [3.63, 3.8) is 0 Å². The summed E-state index contributed by atoms with van der Waals surface area (Å²) in [5, 5.41) is 14.0. The number of carbonyl (C=O) groups excluding carboxylic acids is 2. The Balaban J connectivity index is 1.24. The molecule has 0 bridgehead atoms. The van der Waals surface area contributed by atoms with Crippen molar-refractivity contribution in [1.82, 2.24) is 5.32 Å². The molecule has 4 saturated carbocycles. The molecule has 212 valence electrons. The van der Waals surface area contributed by atoms with Gasteiger partial charge in [-0.05, 0) is 91.8 Å². The summed E-state index contributed by atoms with van der Waals surface area (Å²) in [6.45, 7) is 7.98. The maximum Gasteiger partial charge on any atom is 0.219 e. The lowest BCUT2D eigenvalue weighted by Crippen LogP contribution is -2.57. The Hall–Kier alpha value is -0.900. The van der Waals surface area contributed by atoms with Crippen molar-refractivity contribution in [2.24, 2.45) is 40.4 Å². The van der Waals surface area contributed by atoms with Crippen LogP contribution in [0.2, 0.25) is 0 Å². The van der Waals surface area contributed by atoms with Crippen molar-refractivity contribution in [3.05, 3.63) is 0 Å². The lowest BCUT2D eigenvalue weighted by molar-refractivity contribution is -0.156. The predicted octanol–water partition coefficient (Wildman–Crippen LogP) is 7.61. The van der Waals surface area contributed by atoms with E-state index in [-0.39, 0.29) is 17.4 Å². The van der Waals surface area contributed by atoms with Gasteiger partial charge in [-0.3, -0.25) is 9.59 Å². The zero-order chi connectivity index (χ0) is 26.5. The monoisotopic (exact) mass is 515 g/mol. The number of aliphatic hydroxyl groups is 1. The molecule has 37 heavy (non-hydrogen) atoms. The highest BCUT2D eigenvalue weighted by molar-refractivity contribution is 5.79. The summed E-state index contributed by atoms with van der Waals surface area (Å²) in [6.07, 6.45) is 21.2.